The number of esters is 2. The highest BCUT2D eigenvalue weighted by Crippen LogP contribution is 2.18. The molecule has 104 valence electrons. The van der Waals surface area contributed by atoms with Gasteiger partial charge in [-0.25, -0.2) is 0 Å². The second-order valence-electron chi connectivity index (χ2n) is 4.94. The maximum Gasteiger partial charge on any atom is 0.317 e. The molecule has 1 saturated heterocycles. The molecule has 1 aliphatic rings. The van der Waals surface area contributed by atoms with Crippen LogP contribution in [0.3, 0.4) is 0 Å². The van der Waals surface area contributed by atoms with Gasteiger partial charge in [-0.2, -0.15) is 0 Å². The fourth-order valence-corrected chi connectivity index (χ4v) is 2.15. The summed E-state index contributed by atoms with van der Waals surface area (Å²) in [6.45, 7) is 3.06. The minimum absolute atomic E-state index is 0.248. The summed E-state index contributed by atoms with van der Waals surface area (Å²) in [7, 11) is 0. The van der Waals surface area contributed by atoms with Crippen LogP contribution in [0.1, 0.15) is 58.3 Å². The molecule has 1 aliphatic heterocycles. The van der Waals surface area contributed by atoms with E-state index in [2.05, 4.69) is 6.92 Å². The normalized spacial score (nSPS) is 22.8. The zero-order valence-electron chi connectivity index (χ0n) is 11.3. The molecular weight excluding hydrogens is 232 g/mol. The maximum atomic E-state index is 11.4. The second-order valence-corrected chi connectivity index (χ2v) is 4.94. The van der Waals surface area contributed by atoms with Crippen molar-refractivity contribution in [2.75, 3.05) is 13.2 Å². The van der Waals surface area contributed by atoms with E-state index in [0.717, 1.165) is 25.7 Å². The number of unbranched alkanes of at least 4 members (excludes halogenated alkanes) is 2. The lowest BCUT2D eigenvalue weighted by molar-refractivity contribution is -0.155. The molecular formula is C14H24O4. The molecule has 1 fully saturated rings. The number of carbonyl (C=O) groups excluding carboxylic acids is 2. The maximum absolute atomic E-state index is 11.4. The third-order valence-electron chi connectivity index (χ3n) is 3.25. The first-order valence-electron chi connectivity index (χ1n) is 7.03. The third kappa shape index (κ3) is 6.62. The number of hydrogen-bond acceptors (Lipinski definition) is 4. The number of rotatable bonds is 4. The highest BCUT2D eigenvalue weighted by atomic mass is 16.6. The van der Waals surface area contributed by atoms with E-state index in [0.29, 0.717) is 19.1 Å². The Kier molecular flexibility index (Phi) is 7.46. The van der Waals surface area contributed by atoms with Crippen molar-refractivity contribution < 1.29 is 19.1 Å². The Morgan fingerprint density at radius 2 is 1.89 bits per heavy atom. The van der Waals surface area contributed by atoms with Crippen molar-refractivity contribution in [1.82, 2.24) is 0 Å². The van der Waals surface area contributed by atoms with Gasteiger partial charge in [0.2, 0.25) is 0 Å². The van der Waals surface area contributed by atoms with Crippen molar-refractivity contribution in [2.45, 2.75) is 58.3 Å². The molecule has 0 N–H and O–H groups in total. The van der Waals surface area contributed by atoms with E-state index in [1.807, 2.05) is 0 Å². The van der Waals surface area contributed by atoms with Crippen molar-refractivity contribution in [3.05, 3.63) is 0 Å². The monoisotopic (exact) mass is 256 g/mol. The van der Waals surface area contributed by atoms with Crippen LogP contribution in [0, 0.1) is 5.92 Å². The van der Waals surface area contributed by atoms with Crippen molar-refractivity contribution in [3.8, 4) is 0 Å². The number of hydrogen-bond donors (Lipinski definition) is 0. The molecule has 1 heterocycles. The average molecular weight is 256 g/mol. The summed E-state index contributed by atoms with van der Waals surface area (Å²) >= 11 is 0. The molecule has 0 aromatic rings. The Bertz CT molecular complexity index is 263. The Balaban J connectivity index is 2.38. The Hall–Kier alpha value is -1.06. The van der Waals surface area contributed by atoms with E-state index in [1.165, 1.54) is 19.3 Å². The molecule has 18 heavy (non-hydrogen) atoms. The zero-order chi connectivity index (χ0) is 13.2. The molecule has 4 nitrogen and oxygen atoms in total. The van der Waals surface area contributed by atoms with Gasteiger partial charge in [0.05, 0.1) is 13.2 Å². The van der Waals surface area contributed by atoms with Gasteiger partial charge in [0.1, 0.15) is 6.42 Å². The highest BCUT2D eigenvalue weighted by molar-refractivity contribution is 5.91. The topological polar surface area (TPSA) is 52.6 Å². The van der Waals surface area contributed by atoms with Gasteiger partial charge in [-0.3, -0.25) is 9.59 Å². The summed E-state index contributed by atoms with van der Waals surface area (Å²) in [6.07, 6.45) is 7.44. The number of ether oxygens (including phenoxy) is 2. The molecule has 0 spiro atoms. The smallest absolute Gasteiger partial charge is 0.317 e. The average Bonchev–Trinajstić information content (AvgIpc) is 2.37. The minimum atomic E-state index is -0.468. The van der Waals surface area contributed by atoms with Crippen molar-refractivity contribution >= 4 is 11.9 Å². The lowest BCUT2D eigenvalue weighted by Gasteiger charge is -2.16. The van der Waals surface area contributed by atoms with Gasteiger partial charge in [0.15, 0.2) is 0 Å². The van der Waals surface area contributed by atoms with Gasteiger partial charge in [-0.15, -0.1) is 0 Å². The van der Waals surface area contributed by atoms with Crippen molar-refractivity contribution in [3.63, 3.8) is 0 Å². The van der Waals surface area contributed by atoms with Gasteiger partial charge in [0.25, 0.3) is 0 Å². The molecule has 0 amide bonds. The first-order valence-corrected chi connectivity index (χ1v) is 7.03. The van der Waals surface area contributed by atoms with Gasteiger partial charge in [-0.05, 0) is 31.6 Å². The van der Waals surface area contributed by atoms with Crippen molar-refractivity contribution in [2.24, 2.45) is 5.92 Å². The van der Waals surface area contributed by atoms with Crippen LogP contribution in [0.2, 0.25) is 0 Å². The minimum Gasteiger partial charge on any atom is -0.465 e. The summed E-state index contributed by atoms with van der Waals surface area (Å²) in [6, 6.07) is 0. The van der Waals surface area contributed by atoms with Gasteiger partial charge in [0, 0.05) is 0 Å². The third-order valence-corrected chi connectivity index (χ3v) is 3.25. The predicted octanol–water partition coefficient (Wildman–Crippen LogP) is 2.84. The summed E-state index contributed by atoms with van der Waals surface area (Å²) in [4.78, 5) is 22.6. The van der Waals surface area contributed by atoms with Crippen LogP contribution in [-0.4, -0.2) is 25.2 Å². The second kappa shape index (κ2) is 8.95. The van der Waals surface area contributed by atoms with Crippen LogP contribution in [0.25, 0.3) is 0 Å². The van der Waals surface area contributed by atoms with E-state index >= 15 is 0 Å². The Morgan fingerprint density at radius 3 is 2.67 bits per heavy atom. The standard InChI is InChI=1S/C14H24O4/c1-2-3-4-7-12-8-5-6-9-17-13(15)10-14(16)18-11-12/h12H,2-11H2,1H3. The molecule has 0 aliphatic carbocycles. The Morgan fingerprint density at radius 1 is 1.11 bits per heavy atom. The van der Waals surface area contributed by atoms with E-state index in [-0.39, 0.29) is 6.42 Å². The summed E-state index contributed by atoms with van der Waals surface area (Å²) in [5.41, 5.74) is 0. The lowest BCUT2D eigenvalue weighted by Crippen LogP contribution is -2.17. The van der Waals surface area contributed by atoms with Crippen LogP contribution in [0.4, 0.5) is 0 Å². The molecule has 0 bridgehead atoms. The lowest BCUT2D eigenvalue weighted by atomic mass is 9.96. The molecule has 1 atom stereocenters. The molecule has 1 unspecified atom stereocenters. The fraction of sp³-hybridized carbons (Fsp3) is 0.857. The summed E-state index contributed by atoms with van der Waals surface area (Å²) in [5.74, 6) is -0.486. The first kappa shape index (κ1) is 15.0. The van der Waals surface area contributed by atoms with E-state index < -0.39 is 11.9 Å². The molecule has 0 aromatic carbocycles. The summed E-state index contributed by atoms with van der Waals surface area (Å²) < 4.78 is 10.1. The predicted molar refractivity (Wildman–Crippen MR) is 68.0 cm³/mol. The molecule has 0 saturated carbocycles. The largest absolute Gasteiger partial charge is 0.465 e. The molecule has 0 radical (unpaired) electrons. The van der Waals surface area contributed by atoms with E-state index in [1.54, 1.807) is 0 Å². The van der Waals surface area contributed by atoms with Crippen LogP contribution < -0.4 is 0 Å². The van der Waals surface area contributed by atoms with Crippen molar-refractivity contribution in [1.29, 1.82) is 0 Å². The SMILES string of the molecule is CCCCCC1CCCCOC(=O)CC(=O)OC1. The highest BCUT2D eigenvalue weighted by Gasteiger charge is 2.17. The first-order chi connectivity index (χ1) is 8.72. The van der Waals surface area contributed by atoms with Crippen LogP contribution in [-0.2, 0) is 19.1 Å². The summed E-state index contributed by atoms with van der Waals surface area (Å²) in [5, 5.41) is 0. The van der Waals surface area contributed by atoms with Gasteiger partial charge in [-0.1, -0.05) is 26.2 Å². The molecule has 4 heteroatoms. The number of carbonyl (C=O) groups is 2. The zero-order valence-corrected chi connectivity index (χ0v) is 11.3. The van der Waals surface area contributed by atoms with Crippen LogP contribution in [0.5, 0.6) is 0 Å². The van der Waals surface area contributed by atoms with Crippen LogP contribution >= 0.6 is 0 Å². The quantitative estimate of drug-likeness (QED) is 0.441. The Labute approximate surface area is 109 Å². The molecule has 0 aromatic heterocycles. The van der Waals surface area contributed by atoms with E-state index in [4.69, 9.17) is 9.47 Å². The van der Waals surface area contributed by atoms with E-state index in [9.17, 15) is 9.59 Å². The fourth-order valence-electron chi connectivity index (χ4n) is 2.15. The molecule has 1 rings (SSSR count). The van der Waals surface area contributed by atoms with Gasteiger partial charge < -0.3 is 9.47 Å². The number of cyclic esters (lactones) is 2. The van der Waals surface area contributed by atoms with Crippen LogP contribution in [0.15, 0.2) is 0 Å². The van der Waals surface area contributed by atoms with Gasteiger partial charge >= 0.3 is 11.9 Å².